The van der Waals surface area contributed by atoms with Gasteiger partial charge in [0.15, 0.2) is 28.1 Å². The standard InChI is InChI=1S/C19H14N2O5S/c22-18(12-2-1-3-15-17(12)26-10-25-15)21-19-20-13(9-27-19)11-4-5-14-16(8-11)24-7-6-23-14/h1-5,8-9H,6-7,10H2,(H,20,21,22). The van der Waals surface area contributed by atoms with Gasteiger partial charge in [0.25, 0.3) is 5.91 Å². The number of aromatic nitrogens is 1. The molecule has 0 saturated carbocycles. The van der Waals surface area contributed by atoms with E-state index in [9.17, 15) is 4.79 Å². The molecule has 27 heavy (non-hydrogen) atoms. The number of thiazole rings is 1. The van der Waals surface area contributed by atoms with Gasteiger partial charge in [-0.05, 0) is 30.3 Å². The Bertz CT molecular complexity index is 1030. The maximum Gasteiger partial charge on any atom is 0.261 e. The fourth-order valence-corrected chi connectivity index (χ4v) is 3.65. The van der Waals surface area contributed by atoms with Gasteiger partial charge >= 0.3 is 0 Å². The number of hydrogen-bond donors (Lipinski definition) is 1. The number of hydrogen-bond acceptors (Lipinski definition) is 7. The topological polar surface area (TPSA) is 78.9 Å². The molecule has 0 aliphatic carbocycles. The lowest BCUT2D eigenvalue weighted by Crippen LogP contribution is -2.15. The normalized spacial score (nSPS) is 14.1. The summed E-state index contributed by atoms with van der Waals surface area (Å²) in [5.74, 6) is 2.17. The zero-order valence-electron chi connectivity index (χ0n) is 14.1. The van der Waals surface area contributed by atoms with Crippen LogP contribution < -0.4 is 24.3 Å². The summed E-state index contributed by atoms with van der Waals surface area (Å²) in [6.45, 7) is 1.20. The SMILES string of the molecule is O=C(Nc1nc(-c2ccc3c(c2)OCCO3)cs1)c1cccc2c1OCO2. The van der Waals surface area contributed by atoms with E-state index in [4.69, 9.17) is 18.9 Å². The lowest BCUT2D eigenvalue weighted by Gasteiger charge is -2.18. The number of anilines is 1. The summed E-state index contributed by atoms with van der Waals surface area (Å²) >= 11 is 1.35. The minimum absolute atomic E-state index is 0.116. The van der Waals surface area contributed by atoms with Crippen molar-refractivity contribution in [3.05, 3.63) is 47.3 Å². The van der Waals surface area contributed by atoms with Crippen LogP contribution in [0.4, 0.5) is 5.13 Å². The van der Waals surface area contributed by atoms with Crippen LogP contribution in [0.15, 0.2) is 41.8 Å². The van der Waals surface area contributed by atoms with Crippen LogP contribution in [0, 0.1) is 0 Å². The van der Waals surface area contributed by atoms with E-state index >= 15 is 0 Å². The number of carbonyl (C=O) groups is 1. The Hall–Kier alpha value is -3.26. The minimum atomic E-state index is -0.291. The van der Waals surface area contributed by atoms with Crippen molar-refractivity contribution in [1.82, 2.24) is 4.98 Å². The van der Waals surface area contributed by atoms with E-state index in [1.807, 2.05) is 23.6 Å². The quantitative estimate of drug-likeness (QED) is 0.746. The summed E-state index contributed by atoms with van der Waals surface area (Å²) in [5, 5.41) is 5.20. The van der Waals surface area contributed by atoms with Crippen LogP contribution in [0.3, 0.4) is 0 Å². The summed E-state index contributed by atoms with van der Waals surface area (Å²) < 4.78 is 21.8. The van der Waals surface area contributed by atoms with Gasteiger partial charge in [-0.3, -0.25) is 10.1 Å². The number of carbonyl (C=O) groups excluding carboxylic acids is 1. The van der Waals surface area contributed by atoms with Gasteiger partial charge < -0.3 is 18.9 Å². The minimum Gasteiger partial charge on any atom is -0.486 e. The molecule has 7 nitrogen and oxygen atoms in total. The van der Waals surface area contributed by atoms with E-state index < -0.39 is 0 Å². The maximum absolute atomic E-state index is 12.6. The first-order chi connectivity index (χ1) is 13.3. The summed E-state index contributed by atoms with van der Waals surface area (Å²) in [7, 11) is 0. The van der Waals surface area contributed by atoms with Crippen LogP contribution in [0.1, 0.15) is 10.4 Å². The van der Waals surface area contributed by atoms with E-state index in [0.717, 1.165) is 17.0 Å². The Morgan fingerprint density at radius 3 is 2.81 bits per heavy atom. The van der Waals surface area contributed by atoms with E-state index in [1.165, 1.54) is 11.3 Å². The van der Waals surface area contributed by atoms with E-state index in [1.54, 1.807) is 18.2 Å². The molecular weight excluding hydrogens is 368 g/mol. The van der Waals surface area contributed by atoms with Crippen LogP contribution in [0.2, 0.25) is 0 Å². The molecular formula is C19H14N2O5S. The van der Waals surface area contributed by atoms with Gasteiger partial charge in [-0.15, -0.1) is 11.3 Å². The molecule has 1 aromatic heterocycles. The molecule has 3 aromatic rings. The lowest BCUT2D eigenvalue weighted by molar-refractivity contribution is 0.102. The molecule has 2 aliphatic heterocycles. The highest BCUT2D eigenvalue weighted by Gasteiger charge is 2.22. The van der Waals surface area contributed by atoms with Crippen LogP contribution >= 0.6 is 11.3 Å². The molecule has 0 bridgehead atoms. The van der Waals surface area contributed by atoms with Gasteiger partial charge in [0.2, 0.25) is 6.79 Å². The van der Waals surface area contributed by atoms with Crippen molar-refractivity contribution in [3.63, 3.8) is 0 Å². The Balaban J connectivity index is 1.37. The summed E-state index contributed by atoms with van der Waals surface area (Å²) in [5.41, 5.74) is 2.07. The third kappa shape index (κ3) is 2.93. The van der Waals surface area contributed by atoms with Gasteiger partial charge in [-0.2, -0.15) is 0 Å². The number of benzene rings is 2. The van der Waals surface area contributed by atoms with Crippen molar-refractivity contribution in [2.24, 2.45) is 0 Å². The molecule has 1 N–H and O–H groups in total. The Morgan fingerprint density at radius 2 is 1.89 bits per heavy atom. The number of fused-ring (bicyclic) bond motifs is 2. The molecule has 5 rings (SSSR count). The van der Waals surface area contributed by atoms with Crippen molar-refractivity contribution in [2.45, 2.75) is 0 Å². The fraction of sp³-hybridized carbons (Fsp3) is 0.158. The molecule has 136 valence electrons. The number of nitrogens with one attached hydrogen (secondary N) is 1. The van der Waals surface area contributed by atoms with Crippen molar-refractivity contribution < 1.29 is 23.7 Å². The Morgan fingerprint density at radius 1 is 1.00 bits per heavy atom. The number of para-hydroxylation sites is 1. The summed E-state index contributed by atoms with van der Waals surface area (Å²) in [6, 6.07) is 10.9. The number of amides is 1. The average Bonchev–Trinajstić information content (AvgIpc) is 3.36. The predicted molar refractivity (Wildman–Crippen MR) is 99.1 cm³/mol. The monoisotopic (exact) mass is 382 g/mol. The second-order valence-electron chi connectivity index (χ2n) is 5.89. The highest BCUT2D eigenvalue weighted by atomic mass is 32.1. The molecule has 3 heterocycles. The molecule has 0 fully saturated rings. The molecule has 0 saturated heterocycles. The third-order valence-electron chi connectivity index (χ3n) is 4.20. The smallest absolute Gasteiger partial charge is 0.261 e. The van der Waals surface area contributed by atoms with Crippen LogP contribution in [-0.4, -0.2) is 30.9 Å². The molecule has 8 heteroatoms. The zero-order valence-corrected chi connectivity index (χ0v) is 14.9. The fourth-order valence-electron chi connectivity index (χ4n) is 2.94. The Kier molecular flexibility index (Phi) is 3.83. The van der Waals surface area contributed by atoms with Crippen LogP contribution in [0.25, 0.3) is 11.3 Å². The first kappa shape index (κ1) is 16.0. The number of nitrogens with zero attached hydrogens (tertiary/aromatic N) is 1. The lowest BCUT2D eigenvalue weighted by atomic mass is 10.1. The molecule has 2 aliphatic rings. The van der Waals surface area contributed by atoms with Gasteiger partial charge in [0, 0.05) is 10.9 Å². The second kappa shape index (κ2) is 6.48. The van der Waals surface area contributed by atoms with E-state index in [0.29, 0.717) is 41.2 Å². The van der Waals surface area contributed by atoms with Crippen molar-refractivity contribution in [1.29, 1.82) is 0 Å². The highest BCUT2D eigenvalue weighted by Crippen LogP contribution is 2.37. The van der Waals surface area contributed by atoms with Crippen LogP contribution in [-0.2, 0) is 0 Å². The molecule has 2 aromatic carbocycles. The maximum atomic E-state index is 12.6. The molecule has 0 unspecified atom stereocenters. The number of ether oxygens (including phenoxy) is 4. The van der Waals surface area contributed by atoms with E-state index in [-0.39, 0.29) is 12.7 Å². The molecule has 0 radical (unpaired) electrons. The van der Waals surface area contributed by atoms with Gasteiger partial charge in [-0.1, -0.05) is 6.07 Å². The number of rotatable bonds is 3. The highest BCUT2D eigenvalue weighted by molar-refractivity contribution is 7.14. The third-order valence-corrected chi connectivity index (χ3v) is 4.96. The second-order valence-corrected chi connectivity index (χ2v) is 6.75. The van der Waals surface area contributed by atoms with Crippen molar-refractivity contribution in [3.8, 4) is 34.3 Å². The summed E-state index contributed by atoms with van der Waals surface area (Å²) in [4.78, 5) is 17.1. The van der Waals surface area contributed by atoms with Crippen molar-refractivity contribution in [2.75, 3.05) is 25.3 Å². The van der Waals surface area contributed by atoms with E-state index in [2.05, 4.69) is 10.3 Å². The zero-order chi connectivity index (χ0) is 18.2. The van der Waals surface area contributed by atoms with Crippen molar-refractivity contribution >= 4 is 22.4 Å². The molecule has 0 spiro atoms. The Labute approximate surface area is 158 Å². The molecule has 1 amide bonds. The van der Waals surface area contributed by atoms with Gasteiger partial charge in [-0.25, -0.2) is 4.98 Å². The van der Waals surface area contributed by atoms with Gasteiger partial charge in [0.05, 0.1) is 11.3 Å². The largest absolute Gasteiger partial charge is 0.486 e. The predicted octanol–water partition coefficient (Wildman–Crippen LogP) is 3.56. The molecule has 0 atom stereocenters. The first-order valence-corrected chi connectivity index (χ1v) is 9.21. The first-order valence-electron chi connectivity index (χ1n) is 8.33. The van der Waals surface area contributed by atoms with Crippen LogP contribution in [0.5, 0.6) is 23.0 Å². The average molecular weight is 382 g/mol. The summed E-state index contributed by atoms with van der Waals surface area (Å²) in [6.07, 6.45) is 0. The van der Waals surface area contributed by atoms with Gasteiger partial charge in [0.1, 0.15) is 13.2 Å².